The SMILES string of the molecule is CC(C)(C)c1cn2cc(C(=O)O)c(OC3COC4(CC4)C3)cc2n1. The number of pyridine rings is 1. The van der Waals surface area contributed by atoms with E-state index in [1.54, 1.807) is 16.7 Å². The minimum absolute atomic E-state index is 0.00483. The van der Waals surface area contributed by atoms with E-state index in [0.29, 0.717) is 18.0 Å². The van der Waals surface area contributed by atoms with E-state index in [1.807, 2.05) is 6.20 Å². The molecule has 2 fully saturated rings. The second-order valence-corrected chi connectivity index (χ2v) is 7.94. The van der Waals surface area contributed by atoms with Gasteiger partial charge >= 0.3 is 5.97 Å². The molecule has 2 aliphatic rings. The van der Waals surface area contributed by atoms with Crippen molar-refractivity contribution in [1.29, 1.82) is 0 Å². The molecule has 4 rings (SSSR count). The molecule has 1 aliphatic carbocycles. The van der Waals surface area contributed by atoms with E-state index >= 15 is 0 Å². The summed E-state index contributed by atoms with van der Waals surface area (Å²) in [5.41, 5.74) is 1.66. The van der Waals surface area contributed by atoms with Crippen LogP contribution in [0.15, 0.2) is 18.5 Å². The van der Waals surface area contributed by atoms with Gasteiger partial charge in [-0.15, -0.1) is 0 Å². The highest BCUT2D eigenvalue weighted by atomic mass is 16.6. The van der Waals surface area contributed by atoms with E-state index in [4.69, 9.17) is 9.47 Å². The average Bonchev–Trinajstić information content (AvgIpc) is 2.92. The second kappa shape index (κ2) is 4.96. The predicted octanol–water partition coefficient (Wildman–Crippen LogP) is 3.03. The van der Waals surface area contributed by atoms with Crippen molar-refractivity contribution in [2.45, 2.75) is 57.2 Å². The van der Waals surface area contributed by atoms with Crippen molar-refractivity contribution in [3.63, 3.8) is 0 Å². The maximum Gasteiger partial charge on any atom is 0.341 e. The molecule has 1 unspecified atom stereocenters. The first-order valence-electron chi connectivity index (χ1n) is 8.33. The molecule has 1 saturated carbocycles. The molecule has 3 heterocycles. The lowest BCUT2D eigenvalue weighted by atomic mass is 9.93. The summed E-state index contributed by atoms with van der Waals surface area (Å²) in [5, 5.41) is 9.54. The number of ether oxygens (including phenoxy) is 2. The number of carbonyl (C=O) groups is 1. The molecule has 0 bridgehead atoms. The monoisotopic (exact) mass is 330 g/mol. The number of carboxylic acid groups (broad SMARTS) is 1. The van der Waals surface area contributed by atoms with E-state index in [9.17, 15) is 9.90 Å². The summed E-state index contributed by atoms with van der Waals surface area (Å²) in [5.74, 6) is -0.634. The Morgan fingerprint density at radius 2 is 2.17 bits per heavy atom. The number of imidazole rings is 1. The summed E-state index contributed by atoms with van der Waals surface area (Å²) in [7, 11) is 0. The van der Waals surface area contributed by atoms with Crippen LogP contribution in [0.5, 0.6) is 5.75 Å². The van der Waals surface area contributed by atoms with Crippen LogP contribution in [0.2, 0.25) is 0 Å². The van der Waals surface area contributed by atoms with Crippen LogP contribution in [0, 0.1) is 0 Å². The maximum atomic E-state index is 11.6. The highest BCUT2D eigenvalue weighted by Crippen LogP contribution is 2.48. The zero-order valence-corrected chi connectivity index (χ0v) is 14.2. The van der Waals surface area contributed by atoms with Gasteiger partial charge in [-0.2, -0.15) is 0 Å². The molecular formula is C18H22N2O4. The fourth-order valence-electron chi connectivity index (χ4n) is 3.18. The number of rotatable bonds is 3. The number of hydrogen-bond acceptors (Lipinski definition) is 4. The Balaban J connectivity index is 1.69. The lowest BCUT2D eigenvalue weighted by molar-refractivity contribution is 0.0677. The van der Waals surface area contributed by atoms with Crippen molar-refractivity contribution in [3.8, 4) is 5.75 Å². The summed E-state index contributed by atoms with van der Waals surface area (Å²) < 4.78 is 13.5. The molecule has 128 valence electrons. The molecule has 0 amide bonds. The van der Waals surface area contributed by atoms with Crippen LogP contribution in [0.3, 0.4) is 0 Å². The normalized spacial score (nSPS) is 22.2. The molecular weight excluding hydrogens is 308 g/mol. The Labute approximate surface area is 140 Å². The molecule has 24 heavy (non-hydrogen) atoms. The number of nitrogens with zero attached hydrogens (tertiary/aromatic N) is 2. The van der Waals surface area contributed by atoms with Crippen LogP contribution in [0.4, 0.5) is 0 Å². The first-order valence-corrected chi connectivity index (χ1v) is 8.33. The van der Waals surface area contributed by atoms with Crippen molar-refractivity contribution in [3.05, 3.63) is 29.7 Å². The Kier molecular flexibility index (Phi) is 3.19. The summed E-state index contributed by atoms with van der Waals surface area (Å²) in [4.78, 5) is 16.3. The molecule has 6 nitrogen and oxygen atoms in total. The van der Waals surface area contributed by atoms with Crippen molar-refractivity contribution >= 4 is 11.6 Å². The molecule has 6 heteroatoms. The van der Waals surface area contributed by atoms with Crippen LogP contribution >= 0.6 is 0 Å². The van der Waals surface area contributed by atoms with Crippen LogP contribution in [0.1, 0.15) is 56.1 Å². The Hall–Kier alpha value is -2.08. The number of aromatic nitrogens is 2. The van der Waals surface area contributed by atoms with E-state index in [2.05, 4.69) is 25.8 Å². The smallest absolute Gasteiger partial charge is 0.341 e. The predicted molar refractivity (Wildman–Crippen MR) is 87.8 cm³/mol. The molecule has 1 N–H and O–H groups in total. The van der Waals surface area contributed by atoms with Gasteiger partial charge in [0, 0.05) is 30.3 Å². The van der Waals surface area contributed by atoms with Gasteiger partial charge in [-0.05, 0) is 12.8 Å². The second-order valence-electron chi connectivity index (χ2n) is 7.94. The molecule has 0 aromatic carbocycles. The van der Waals surface area contributed by atoms with Gasteiger partial charge in [0.15, 0.2) is 0 Å². The van der Waals surface area contributed by atoms with Crippen LogP contribution in [-0.4, -0.2) is 38.8 Å². The Bertz CT molecular complexity index is 814. The van der Waals surface area contributed by atoms with Crippen molar-refractivity contribution in [2.24, 2.45) is 0 Å². The third kappa shape index (κ3) is 2.65. The standard InChI is InChI=1S/C18H22N2O4/c1-17(2,3)14-9-20-8-12(16(21)22)13(6-15(20)19-14)24-11-7-18(4-5-18)23-10-11/h6,8-9,11H,4-5,7,10H2,1-3H3,(H,21,22). The van der Waals surface area contributed by atoms with Gasteiger partial charge in [0.1, 0.15) is 23.1 Å². The molecule has 2 aromatic heterocycles. The fourth-order valence-corrected chi connectivity index (χ4v) is 3.18. The minimum Gasteiger partial charge on any atom is -0.487 e. The zero-order chi connectivity index (χ0) is 17.1. The number of carboxylic acids is 1. The van der Waals surface area contributed by atoms with Crippen LogP contribution in [0.25, 0.3) is 5.65 Å². The van der Waals surface area contributed by atoms with Gasteiger partial charge in [-0.25, -0.2) is 9.78 Å². The summed E-state index contributed by atoms with van der Waals surface area (Å²) in [6, 6.07) is 1.72. The highest BCUT2D eigenvalue weighted by molar-refractivity contribution is 5.91. The maximum absolute atomic E-state index is 11.6. The lowest BCUT2D eigenvalue weighted by Gasteiger charge is -2.14. The van der Waals surface area contributed by atoms with E-state index in [-0.39, 0.29) is 22.7 Å². The molecule has 1 aliphatic heterocycles. The molecule has 0 radical (unpaired) electrons. The first-order chi connectivity index (χ1) is 11.3. The number of hydrogen-bond donors (Lipinski definition) is 1. The summed E-state index contributed by atoms with van der Waals surface area (Å²) in [6.07, 6.45) is 6.35. The molecule has 2 aromatic rings. The first kappa shape index (κ1) is 15.4. The Morgan fingerprint density at radius 3 is 2.75 bits per heavy atom. The van der Waals surface area contributed by atoms with Gasteiger partial charge in [-0.3, -0.25) is 0 Å². The average molecular weight is 330 g/mol. The van der Waals surface area contributed by atoms with E-state index in [1.165, 1.54) is 0 Å². The topological polar surface area (TPSA) is 73.1 Å². The van der Waals surface area contributed by atoms with Crippen molar-refractivity contribution < 1.29 is 19.4 Å². The molecule has 1 spiro atoms. The quantitative estimate of drug-likeness (QED) is 0.936. The van der Waals surface area contributed by atoms with E-state index < -0.39 is 5.97 Å². The van der Waals surface area contributed by atoms with Gasteiger partial charge in [0.25, 0.3) is 0 Å². The number of fused-ring (bicyclic) bond motifs is 1. The summed E-state index contributed by atoms with van der Waals surface area (Å²) >= 11 is 0. The van der Waals surface area contributed by atoms with Gasteiger partial charge in [-0.1, -0.05) is 20.8 Å². The highest BCUT2D eigenvalue weighted by Gasteiger charge is 2.51. The van der Waals surface area contributed by atoms with Crippen molar-refractivity contribution in [1.82, 2.24) is 9.38 Å². The summed E-state index contributed by atoms with van der Waals surface area (Å²) in [6.45, 7) is 6.76. The minimum atomic E-state index is -1.00. The van der Waals surface area contributed by atoms with Gasteiger partial charge < -0.3 is 19.0 Å². The van der Waals surface area contributed by atoms with Crippen molar-refractivity contribution in [2.75, 3.05) is 6.61 Å². The van der Waals surface area contributed by atoms with Crippen LogP contribution < -0.4 is 4.74 Å². The largest absolute Gasteiger partial charge is 0.487 e. The third-order valence-electron chi connectivity index (χ3n) is 4.83. The van der Waals surface area contributed by atoms with Gasteiger partial charge in [0.2, 0.25) is 0 Å². The van der Waals surface area contributed by atoms with E-state index in [0.717, 1.165) is 25.0 Å². The Morgan fingerprint density at radius 1 is 1.42 bits per heavy atom. The number of aromatic carboxylic acids is 1. The van der Waals surface area contributed by atoms with Crippen LogP contribution in [-0.2, 0) is 10.2 Å². The zero-order valence-electron chi connectivity index (χ0n) is 14.2. The van der Waals surface area contributed by atoms with Gasteiger partial charge in [0.05, 0.1) is 17.9 Å². The lowest BCUT2D eigenvalue weighted by Crippen LogP contribution is -2.18. The fraction of sp³-hybridized carbons (Fsp3) is 0.556. The molecule has 1 saturated heterocycles. The molecule has 1 atom stereocenters. The third-order valence-corrected chi connectivity index (χ3v) is 4.83.